The third kappa shape index (κ3) is 4.05. The van der Waals surface area contributed by atoms with Crippen LogP contribution in [0, 0.1) is 13.8 Å². The molecule has 0 aliphatic heterocycles. The van der Waals surface area contributed by atoms with Crippen molar-refractivity contribution in [1.82, 2.24) is 30.4 Å². The highest BCUT2D eigenvalue weighted by Crippen LogP contribution is 2.15. The van der Waals surface area contributed by atoms with Crippen LogP contribution in [-0.2, 0) is 17.8 Å². The Kier molecular flexibility index (Phi) is 5.35. The molecule has 0 radical (unpaired) electrons. The van der Waals surface area contributed by atoms with E-state index in [1.54, 1.807) is 9.36 Å². The summed E-state index contributed by atoms with van der Waals surface area (Å²) in [6.07, 6.45) is 2.13. The Morgan fingerprint density at radius 2 is 1.85 bits per heavy atom. The molecule has 0 unspecified atom stereocenters. The molecule has 2 amide bonds. The number of aryl methyl sites for hydroxylation is 2. The fourth-order valence-corrected chi connectivity index (χ4v) is 2.90. The van der Waals surface area contributed by atoms with E-state index in [4.69, 9.17) is 0 Å². The summed E-state index contributed by atoms with van der Waals surface area (Å²) in [5.41, 5.74) is 8.67. The van der Waals surface area contributed by atoms with Gasteiger partial charge in [-0.1, -0.05) is 25.1 Å². The van der Waals surface area contributed by atoms with Crippen molar-refractivity contribution in [1.29, 1.82) is 0 Å². The monoisotopic (exact) mass is 366 g/mol. The molecular weight excluding hydrogens is 344 g/mol. The molecule has 0 fully saturated rings. The number of carbonyl (C=O) groups is 2. The summed E-state index contributed by atoms with van der Waals surface area (Å²) in [5.74, 6) is -0.765. The van der Waals surface area contributed by atoms with Gasteiger partial charge in [-0.25, -0.2) is 4.68 Å². The van der Waals surface area contributed by atoms with Crippen LogP contribution >= 0.6 is 0 Å². The van der Waals surface area contributed by atoms with Crippen LogP contribution in [0.5, 0.6) is 0 Å². The number of hydrogen-bond donors (Lipinski definition) is 2. The number of hydrazine groups is 1. The number of carbonyl (C=O) groups excluding carboxylic acids is 2. The number of amides is 2. The van der Waals surface area contributed by atoms with Gasteiger partial charge in [-0.3, -0.25) is 25.1 Å². The van der Waals surface area contributed by atoms with Crippen LogP contribution in [0.4, 0.5) is 0 Å². The second-order valence-corrected chi connectivity index (χ2v) is 6.19. The number of hydrogen-bond acceptors (Lipinski definition) is 4. The number of nitrogens with one attached hydrogen (secondary N) is 2. The molecule has 3 rings (SSSR count). The number of para-hydroxylation sites is 1. The highest BCUT2D eigenvalue weighted by atomic mass is 16.2. The Hall–Kier alpha value is -3.42. The third-order valence-electron chi connectivity index (χ3n) is 4.16. The summed E-state index contributed by atoms with van der Waals surface area (Å²) in [6.45, 7) is 5.72. The molecule has 0 aliphatic carbocycles. The molecule has 8 nitrogen and oxygen atoms in total. The van der Waals surface area contributed by atoms with Crippen LogP contribution in [0.15, 0.2) is 42.6 Å². The van der Waals surface area contributed by atoms with Gasteiger partial charge >= 0.3 is 0 Å². The van der Waals surface area contributed by atoms with E-state index >= 15 is 0 Å². The Bertz CT molecular complexity index is 958. The summed E-state index contributed by atoms with van der Waals surface area (Å²) in [7, 11) is 0. The minimum absolute atomic E-state index is 0.0316. The lowest BCUT2D eigenvalue weighted by atomic mass is 10.2. The van der Waals surface area contributed by atoms with Gasteiger partial charge in [0.05, 0.1) is 28.8 Å². The molecule has 1 aromatic carbocycles. The van der Waals surface area contributed by atoms with Crippen LogP contribution in [-0.4, -0.2) is 31.4 Å². The first-order valence-electron chi connectivity index (χ1n) is 8.72. The first kappa shape index (κ1) is 18.4. The van der Waals surface area contributed by atoms with Crippen molar-refractivity contribution in [3.63, 3.8) is 0 Å². The van der Waals surface area contributed by atoms with Crippen LogP contribution < -0.4 is 10.9 Å². The average Bonchev–Trinajstić information content (AvgIpc) is 3.23. The van der Waals surface area contributed by atoms with Crippen molar-refractivity contribution in [2.45, 2.75) is 33.7 Å². The lowest BCUT2D eigenvalue weighted by Gasteiger charge is -2.10. The van der Waals surface area contributed by atoms with E-state index in [1.807, 2.05) is 57.2 Å². The Morgan fingerprint density at radius 1 is 1.11 bits per heavy atom. The molecule has 2 heterocycles. The smallest absolute Gasteiger partial charge is 0.271 e. The van der Waals surface area contributed by atoms with Gasteiger partial charge in [-0.2, -0.15) is 10.2 Å². The molecule has 2 N–H and O–H groups in total. The van der Waals surface area contributed by atoms with E-state index in [0.717, 1.165) is 22.8 Å². The molecule has 0 spiro atoms. The molecular formula is C19H22N6O2. The Balaban J connectivity index is 1.67. The highest BCUT2D eigenvalue weighted by molar-refractivity contribution is 5.96. The van der Waals surface area contributed by atoms with Gasteiger partial charge in [0.25, 0.3) is 11.8 Å². The summed E-state index contributed by atoms with van der Waals surface area (Å²) in [5, 5.41) is 8.55. The molecule has 0 bridgehead atoms. The molecule has 0 saturated carbocycles. The predicted octanol–water partition coefficient (Wildman–Crippen LogP) is 1.71. The molecule has 3 aromatic rings. The van der Waals surface area contributed by atoms with Crippen molar-refractivity contribution < 1.29 is 9.59 Å². The number of benzene rings is 1. The normalized spacial score (nSPS) is 10.6. The highest BCUT2D eigenvalue weighted by Gasteiger charge is 2.18. The summed E-state index contributed by atoms with van der Waals surface area (Å²) >= 11 is 0. The Morgan fingerprint density at radius 3 is 2.48 bits per heavy atom. The maximum atomic E-state index is 12.5. The van der Waals surface area contributed by atoms with Crippen molar-refractivity contribution in [2.75, 3.05) is 0 Å². The summed E-state index contributed by atoms with van der Waals surface area (Å²) in [4.78, 5) is 24.6. The van der Waals surface area contributed by atoms with Gasteiger partial charge in [0, 0.05) is 5.69 Å². The molecule has 2 aromatic heterocycles. The van der Waals surface area contributed by atoms with Crippen LogP contribution in [0.1, 0.15) is 34.4 Å². The first-order valence-corrected chi connectivity index (χ1v) is 8.72. The lowest BCUT2D eigenvalue weighted by Crippen LogP contribution is -2.43. The SMILES string of the molecule is CCc1c(C(=O)NNC(=O)Cn2nc(C)cc2C)cnn1-c1ccccc1. The predicted molar refractivity (Wildman–Crippen MR) is 100 cm³/mol. The van der Waals surface area contributed by atoms with E-state index in [-0.39, 0.29) is 12.5 Å². The fourth-order valence-electron chi connectivity index (χ4n) is 2.90. The summed E-state index contributed by atoms with van der Waals surface area (Å²) in [6, 6.07) is 11.5. The standard InChI is InChI=1S/C19H22N6O2/c1-4-17-16(11-20-25(17)15-8-6-5-7-9-15)19(27)22-21-18(26)12-24-14(3)10-13(2)23-24/h5-11H,4,12H2,1-3H3,(H,21,26)(H,22,27). The van der Waals surface area contributed by atoms with E-state index in [2.05, 4.69) is 21.0 Å². The lowest BCUT2D eigenvalue weighted by molar-refractivity contribution is -0.122. The van der Waals surface area contributed by atoms with E-state index in [9.17, 15) is 9.59 Å². The van der Waals surface area contributed by atoms with Crippen molar-refractivity contribution in [3.05, 3.63) is 65.2 Å². The second kappa shape index (κ2) is 7.86. The number of rotatable bonds is 5. The van der Waals surface area contributed by atoms with Gasteiger partial charge in [0.2, 0.25) is 0 Å². The zero-order valence-electron chi connectivity index (χ0n) is 15.6. The molecule has 27 heavy (non-hydrogen) atoms. The largest absolute Gasteiger partial charge is 0.273 e. The number of aromatic nitrogens is 4. The molecule has 140 valence electrons. The Labute approximate surface area is 157 Å². The zero-order chi connectivity index (χ0) is 19.4. The minimum atomic E-state index is -0.407. The van der Waals surface area contributed by atoms with Gasteiger partial charge in [-0.05, 0) is 38.5 Å². The van der Waals surface area contributed by atoms with Gasteiger partial charge in [0.15, 0.2) is 0 Å². The molecule has 0 aliphatic rings. The topological polar surface area (TPSA) is 93.8 Å². The summed E-state index contributed by atoms with van der Waals surface area (Å²) < 4.78 is 3.31. The van der Waals surface area contributed by atoms with Crippen LogP contribution in [0.25, 0.3) is 5.69 Å². The van der Waals surface area contributed by atoms with Crippen molar-refractivity contribution in [2.24, 2.45) is 0 Å². The first-order chi connectivity index (χ1) is 13.0. The average molecular weight is 366 g/mol. The quantitative estimate of drug-likeness (QED) is 0.672. The zero-order valence-corrected chi connectivity index (χ0v) is 15.6. The number of nitrogens with zero attached hydrogens (tertiary/aromatic N) is 4. The van der Waals surface area contributed by atoms with E-state index < -0.39 is 5.91 Å². The van der Waals surface area contributed by atoms with Gasteiger partial charge < -0.3 is 0 Å². The minimum Gasteiger partial charge on any atom is -0.271 e. The van der Waals surface area contributed by atoms with Crippen molar-refractivity contribution in [3.8, 4) is 5.69 Å². The fraction of sp³-hybridized carbons (Fsp3) is 0.263. The van der Waals surface area contributed by atoms with E-state index in [0.29, 0.717) is 12.0 Å². The van der Waals surface area contributed by atoms with Crippen LogP contribution in [0.3, 0.4) is 0 Å². The maximum Gasteiger partial charge on any atom is 0.273 e. The molecule has 0 saturated heterocycles. The van der Waals surface area contributed by atoms with E-state index in [1.165, 1.54) is 6.20 Å². The van der Waals surface area contributed by atoms with Crippen LogP contribution in [0.2, 0.25) is 0 Å². The third-order valence-corrected chi connectivity index (χ3v) is 4.16. The molecule has 8 heteroatoms. The van der Waals surface area contributed by atoms with Gasteiger partial charge in [0.1, 0.15) is 6.54 Å². The van der Waals surface area contributed by atoms with Gasteiger partial charge in [-0.15, -0.1) is 0 Å². The maximum absolute atomic E-state index is 12.5. The molecule has 0 atom stereocenters. The van der Waals surface area contributed by atoms with Crippen molar-refractivity contribution >= 4 is 11.8 Å². The second-order valence-electron chi connectivity index (χ2n) is 6.19.